The third-order valence-electron chi connectivity index (χ3n) is 1.75. The molecule has 0 nitrogen and oxygen atoms in total. The second-order valence-electron chi connectivity index (χ2n) is 3.44. The molecular weight excluding hydrogens is 120 g/mol. The first kappa shape index (κ1) is 9.74. The van der Waals surface area contributed by atoms with E-state index < -0.39 is 0 Å². The SMILES string of the molecule is [CH2]C(C)C/C=C(\C)C(C)C. The highest BCUT2D eigenvalue weighted by Crippen LogP contribution is 2.11. The Morgan fingerprint density at radius 3 is 2.20 bits per heavy atom. The van der Waals surface area contributed by atoms with E-state index >= 15 is 0 Å². The minimum absolute atomic E-state index is 0.550. The van der Waals surface area contributed by atoms with Crippen LogP contribution in [0.5, 0.6) is 0 Å². The second-order valence-corrected chi connectivity index (χ2v) is 3.44. The van der Waals surface area contributed by atoms with E-state index in [4.69, 9.17) is 0 Å². The van der Waals surface area contributed by atoms with E-state index in [1.54, 1.807) is 0 Å². The van der Waals surface area contributed by atoms with Crippen LogP contribution < -0.4 is 0 Å². The van der Waals surface area contributed by atoms with E-state index in [0.29, 0.717) is 11.8 Å². The summed E-state index contributed by atoms with van der Waals surface area (Å²) in [6, 6.07) is 0. The van der Waals surface area contributed by atoms with Crippen molar-refractivity contribution in [2.24, 2.45) is 11.8 Å². The van der Waals surface area contributed by atoms with Gasteiger partial charge in [0.2, 0.25) is 0 Å². The maximum atomic E-state index is 3.93. The summed E-state index contributed by atoms with van der Waals surface area (Å²) in [7, 11) is 0. The van der Waals surface area contributed by atoms with Gasteiger partial charge in [0.15, 0.2) is 0 Å². The average molecular weight is 139 g/mol. The fourth-order valence-corrected chi connectivity index (χ4v) is 0.623. The zero-order chi connectivity index (χ0) is 8.15. The number of hydrogen-bond acceptors (Lipinski definition) is 0. The van der Waals surface area contributed by atoms with Gasteiger partial charge in [0, 0.05) is 0 Å². The summed E-state index contributed by atoms with van der Waals surface area (Å²) >= 11 is 0. The molecule has 0 aromatic heterocycles. The maximum Gasteiger partial charge on any atom is -0.0263 e. The molecule has 1 unspecified atom stereocenters. The van der Waals surface area contributed by atoms with E-state index in [9.17, 15) is 0 Å². The number of allylic oxidation sites excluding steroid dienone is 2. The maximum absolute atomic E-state index is 3.93. The van der Waals surface area contributed by atoms with Crippen molar-refractivity contribution in [1.82, 2.24) is 0 Å². The predicted molar refractivity (Wildman–Crippen MR) is 47.7 cm³/mol. The Morgan fingerprint density at radius 1 is 1.40 bits per heavy atom. The first-order valence-electron chi connectivity index (χ1n) is 4.03. The van der Waals surface area contributed by atoms with Gasteiger partial charge in [0.05, 0.1) is 0 Å². The molecule has 0 amide bonds. The molecule has 0 aromatic rings. The Balaban J connectivity index is 3.69. The molecule has 1 radical (unpaired) electrons. The minimum atomic E-state index is 0.550. The first-order valence-corrected chi connectivity index (χ1v) is 4.03. The fourth-order valence-electron chi connectivity index (χ4n) is 0.623. The van der Waals surface area contributed by atoms with Gasteiger partial charge < -0.3 is 0 Å². The van der Waals surface area contributed by atoms with E-state index in [1.165, 1.54) is 5.57 Å². The summed E-state index contributed by atoms with van der Waals surface area (Å²) in [4.78, 5) is 0. The van der Waals surface area contributed by atoms with E-state index in [2.05, 4.69) is 40.7 Å². The van der Waals surface area contributed by atoms with Crippen LogP contribution >= 0.6 is 0 Å². The van der Waals surface area contributed by atoms with E-state index in [1.807, 2.05) is 0 Å². The van der Waals surface area contributed by atoms with Gasteiger partial charge in [0.25, 0.3) is 0 Å². The molecule has 1 atom stereocenters. The summed E-state index contributed by atoms with van der Waals surface area (Å²) in [5.41, 5.74) is 1.48. The van der Waals surface area contributed by atoms with Crippen LogP contribution in [0, 0.1) is 18.8 Å². The largest absolute Gasteiger partial charge is 0.0851 e. The van der Waals surface area contributed by atoms with Crippen molar-refractivity contribution < 1.29 is 0 Å². The second kappa shape index (κ2) is 4.54. The van der Waals surface area contributed by atoms with Crippen LogP contribution in [-0.2, 0) is 0 Å². The van der Waals surface area contributed by atoms with Crippen LogP contribution in [-0.4, -0.2) is 0 Å². The average Bonchev–Trinajstić information content (AvgIpc) is 1.82. The molecule has 0 heterocycles. The van der Waals surface area contributed by atoms with Gasteiger partial charge in [0.1, 0.15) is 0 Å². The van der Waals surface area contributed by atoms with Gasteiger partial charge in [-0.25, -0.2) is 0 Å². The molecule has 0 aromatic carbocycles. The lowest BCUT2D eigenvalue weighted by Gasteiger charge is -2.05. The summed E-state index contributed by atoms with van der Waals surface area (Å²) in [6.45, 7) is 12.7. The summed E-state index contributed by atoms with van der Waals surface area (Å²) in [5.74, 6) is 1.24. The molecule has 0 heteroatoms. The molecule has 0 rings (SSSR count). The topological polar surface area (TPSA) is 0 Å². The van der Waals surface area contributed by atoms with Gasteiger partial charge >= 0.3 is 0 Å². The molecular formula is C10H19. The smallest absolute Gasteiger partial charge is 0.0263 e. The summed E-state index contributed by atoms with van der Waals surface area (Å²) < 4.78 is 0. The van der Waals surface area contributed by atoms with Crippen LogP contribution in [0.4, 0.5) is 0 Å². The molecule has 0 fully saturated rings. The van der Waals surface area contributed by atoms with Crippen molar-refractivity contribution in [3.63, 3.8) is 0 Å². The fraction of sp³-hybridized carbons (Fsp3) is 0.700. The summed E-state index contributed by atoms with van der Waals surface area (Å²) in [6.07, 6.45) is 3.41. The van der Waals surface area contributed by atoms with Crippen molar-refractivity contribution in [1.29, 1.82) is 0 Å². The van der Waals surface area contributed by atoms with Gasteiger partial charge in [-0.15, -0.1) is 0 Å². The van der Waals surface area contributed by atoms with Gasteiger partial charge in [-0.2, -0.15) is 0 Å². The highest BCUT2D eigenvalue weighted by molar-refractivity contribution is 5.01. The van der Waals surface area contributed by atoms with Gasteiger partial charge in [-0.1, -0.05) is 39.3 Å². The molecule has 0 saturated heterocycles. The Bertz CT molecular complexity index is 107. The number of hydrogen-bond donors (Lipinski definition) is 0. The first-order chi connectivity index (χ1) is 4.54. The van der Waals surface area contributed by atoms with Crippen LogP contribution in [0.1, 0.15) is 34.1 Å². The van der Waals surface area contributed by atoms with Gasteiger partial charge in [-0.05, 0) is 25.2 Å². The predicted octanol–water partition coefficient (Wildman–Crippen LogP) is 3.45. The highest BCUT2D eigenvalue weighted by atomic mass is 14.0. The molecule has 59 valence electrons. The Kier molecular flexibility index (Phi) is 4.42. The molecule has 0 bridgehead atoms. The normalized spacial score (nSPS) is 13.3. The molecule has 0 aliphatic rings. The van der Waals surface area contributed by atoms with Crippen molar-refractivity contribution in [3.8, 4) is 0 Å². The van der Waals surface area contributed by atoms with Crippen molar-refractivity contribution in [2.45, 2.75) is 34.1 Å². The van der Waals surface area contributed by atoms with E-state index in [0.717, 1.165) is 6.42 Å². The van der Waals surface area contributed by atoms with Crippen LogP contribution in [0.25, 0.3) is 0 Å². The van der Waals surface area contributed by atoms with Crippen molar-refractivity contribution in [2.75, 3.05) is 0 Å². The Labute approximate surface area is 65.3 Å². The van der Waals surface area contributed by atoms with Crippen molar-refractivity contribution >= 4 is 0 Å². The molecule has 0 aliphatic heterocycles. The zero-order valence-corrected chi connectivity index (χ0v) is 7.65. The quantitative estimate of drug-likeness (QED) is 0.525. The van der Waals surface area contributed by atoms with Crippen molar-refractivity contribution in [3.05, 3.63) is 18.6 Å². The standard InChI is InChI=1S/C10H19/c1-8(2)6-7-10(5)9(3)4/h7-9H,1,6H2,2-5H3/b10-7+. The number of rotatable bonds is 3. The highest BCUT2D eigenvalue weighted by Gasteiger charge is 1.95. The van der Waals surface area contributed by atoms with Crippen LogP contribution in [0.2, 0.25) is 0 Å². The third kappa shape index (κ3) is 4.60. The molecule has 10 heavy (non-hydrogen) atoms. The van der Waals surface area contributed by atoms with Gasteiger partial charge in [-0.3, -0.25) is 0 Å². The minimum Gasteiger partial charge on any atom is -0.0851 e. The monoisotopic (exact) mass is 139 g/mol. The lowest BCUT2D eigenvalue weighted by atomic mass is 10.0. The van der Waals surface area contributed by atoms with Crippen LogP contribution in [0.15, 0.2) is 11.6 Å². The van der Waals surface area contributed by atoms with E-state index in [-0.39, 0.29) is 0 Å². The molecule has 0 spiro atoms. The zero-order valence-electron chi connectivity index (χ0n) is 7.65. The molecule has 0 N–H and O–H groups in total. The lowest BCUT2D eigenvalue weighted by Crippen LogP contribution is -1.90. The third-order valence-corrected chi connectivity index (χ3v) is 1.75. The summed E-state index contributed by atoms with van der Waals surface area (Å²) in [5, 5.41) is 0. The lowest BCUT2D eigenvalue weighted by molar-refractivity contribution is 0.709. The Morgan fingerprint density at radius 2 is 1.90 bits per heavy atom. The van der Waals surface area contributed by atoms with Crippen LogP contribution in [0.3, 0.4) is 0 Å². The Hall–Kier alpha value is -0.260. The molecule has 0 aliphatic carbocycles. The molecule has 0 saturated carbocycles.